The van der Waals surface area contributed by atoms with Crippen LogP contribution in [0.2, 0.25) is 0 Å². The van der Waals surface area contributed by atoms with E-state index in [0.29, 0.717) is 23.8 Å². The van der Waals surface area contributed by atoms with E-state index in [0.717, 1.165) is 35.2 Å². The first kappa shape index (κ1) is 18.9. The van der Waals surface area contributed by atoms with Crippen molar-refractivity contribution in [2.24, 2.45) is 5.73 Å². The second-order valence-electron chi connectivity index (χ2n) is 7.77. The molecule has 1 fully saturated rings. The molecule has 1 aliphatic rings. The van der Waals surface area contributed by atoms with Crippen molar-refractivity contribution in [3.05, 3.63) is 70.0 Å². The largest absolute Gasteiger partial charge is 0.368 e. The second kappa shape index (κ2) is 7.20. The summed E-state index contributed by atoms with van der Waals surface area (Å²) < 4.78 is 0. The molecule has 0 atom stereocenters. The summed E-state index contributed by atoms with van der Waals surface area (Å²) in [5.41, 5.74) is 8.26. The molecule has 1 aromatic heterocycles. The number of nitrogens with two attached hydrogens (primary N) is 1. The van der Waals surface area contributed by atoms with Gasteiger partial charge in [0.25, 0.3) is 5.91 Å². The summed E-state index contributed by atoms with van der Waals surface area (Å²) in [6.07, 6.45) is 2.88. The Kier molecular flexibility index (Phi) is 4.70. The maximum absolute atomic E-state index is 12.8. The third-order valence-corrected chi connectivity index (χ3v) is 5.70. The van der Waals surface area contributed by atoms with E-state index < -0.39 is 11.4 Å². The zero-order valence-electron chi connectivity index (χ0n) is 16.2. The van der Waals surface area contributed by atoms with Crippen molar-refractivity contribution in [3.8, 4) is 11.1 Å². The number of H-pyrrole nitrogens is 1. The Bertz CT molecular complexity index is 1170. The number of pyridine rings is 1. The lowest BCUT2D eigenvalue weighted by atomic mass is 9.95. The topological polar surface area (TPSA) is 105 Å². The standard InChI is InChI=1S/C23H23N3O3/c1-14-11-20(27)18-13-16(7-8-19(18)25-14)15-5-4-6-17(12-15)21(28)26-23(22(24)29)9-2-3-10-23/h4-8,11-13H,2-3,9-10H2,1H3,(H2,24,29)(H,25,27)(H,26,28). The van der Waals surface area contributed by atoms with E-state index >= 15 is 0 Å². The summed E-state index contributed by atoms with van der Waals surface area (Å²) in [5, 5.41) is 3.46. The fourth-order valence-corrected chi connectivity index (χ4v) is 4.10. The first-order valence-electron chi connectivity index (χ1n) is 9.74. The molecule has 148 valence electrons. The average molecular weight is 389 g/mol. The van der Waals surface area contributed by atoms with Crippen LogP contribution in [-0.4, -0.2) is 22.3 Å². The van der Waals surface area contributed by atoms with E-state index in [2.05, 4.69) is 10.3 Å². The van der Waals surface area contributed by atoms with Gasteiger partial charge in [-0.3, -0.25) is 14.4 Å². The maximum atomic E-state index is 12.8. The molecule has 6 nitrogen and oxygen atoms in total. The third-order valence-electron chi connectivity index (χ3n) is 5.70. The average Bonchev–Trinajstić information content (AvgIpc) is 3.17. The number of carbonyl (C=O) groups excluding carboxylic acids is 2. The Morgan fingerprint density at radius 3 is 2.48 bits per heavy atom. The van der Waals surface area contributed by atoms with E-state index in [1.807, 2.05) is 31.2 Å². The van der Waals surface area contributed by atoms with Crippen molar-refractivity contribution in [2.75, 3.05) is 0 Å². The molecule has 2 amide bonds. The fourth-order valence-electron chi connectivity index (χ4n) is 4.10. The number of benzene rings is 2. The van der Waals surface area contributed by atoms with Crippen LogP contribution in [0.5, 0.6) is 0 Å². The second-order valence-corrected chi connectivity index (χ2v) is 7.77. The van der Waals surface area contributed by atoms with Crippen LogP contribution in [0.15, 0.2) is 53.3 Å². The molecule has 0 spiro atoms. The summed E-state index contributed by atoms with van der Waals surface area (Å²) in [6, 6.07) is 14.3. The molecule has 0 aliphatic heterocycles. The van der Waals surface area contributed by atoms with Gasteiger partial charge in [-0.15, -0.1) is 0 Å². The Balaban J connectivity index is 1.67. The Morgan fingerprint density at radius 1 is 1.03 bits per heavy atom. The highest BCUT2D eigenvalue weighted by atomic mass is 16.2. The summed E-state index contributed by atoms with van der Waals surface area (Å²) in [4.78, 5) is 40.3. The lowest BCUT2D eigenvalue weighted by molar-refractivity contribution is -0.123. The van der Waals surface area contributed by atoms with Crippen molar-refractivity contribution in [1.82, 2.24) is 10.3 Å². The molecule has 0 bridgehead atoms. The minimum Gasteiger partial charge on any atom is -0.368 e. The highest BCUT2D eigenvalue weighted by Crippen LogP contribution is 2.30. The van der Waals surface area contributed by atoms with Gasteiger partial charge in [-0.05, 0) is 55.2 Å². The Morgan fingerprint density at radius 2 is 1.76 bits per heavy atom. The van der Waals surface area contributed by atoms with Gasteiger partial charge in [0.2, 0.25) is 5.91 Å². The number of primary amides is 1. The van der Waals surface area contributed by atoms with Gasteiger partial charge in [-0.1, -0.05) is 31.0 Å². The number of hydrogen-bond acceptors (Lipinski definition) is 3. The third kappa shape index (κ3) is 3.53. The van der Waals surface area contributed by atoms with Gasteiger partial charge in [0.05, 0.1) is 0 Å². The zero-order chi connectivity index (χ0) is 20.6. The van der Waals surface area contributed by atoms with Crippen molar-refractivity contribution < 1.29 is 9.59 Å². The number of carbonyl (C=O) groups is 2. The van der Waals surface area contributed by atoms with Crippen molar-refractivity contribution >= 4 is 22.7 Å². The van der Waals surface area contributed by atoms with Crippen molar-refractivity contribution in [1.29, 1.82) is 0 Å². The number of aromatic nitrogens is 1. The fraction of sp³-hybridized carbons (Fsp3) is 0.261. The highest BCUT2D eigenvalue weighted by molar-refractivity contribution is 6.00. The molecule has 4 N–H and O–H groups in total. The van der Waals surface area contributed by atoms with Crippen LogP contribution in [0, 0.1) is 6.92 Å². The van der Waals surface area contributed by atoms with Gasteiger partial charge in [-0.25, -0.2) is 0 Å². The first-order chi connectivity index (χ1) is 13.9. The van der Waals surface area contributed by atoms with Crippen molar-refractivity contribution in [2.45, 2.75) is 38.1 Å². The Labute approximate surface area is 168 Å². The van der Waals surface area contributed by atoms with Gasteiger partial charge in [0.15, 0.2) is 5.43 Å². The molecule has 6 heteroatoms. The van der Waals surface area contributed by atoms with Crippen LogP contribution in [-0.2, 0) is 4.79 Å². The number of aromatic amines is 1. The maximum Gasteiger partial charge on any atom is 0.252 e. The van der Waals surface area contributed by atoms with Crippen LogP contribution in [0.4, 0.5) is 0 Å². The molecule has 0 saturated heterocycles. The van der Waals surface area contributed by atoms with Crippen LogP contribution in [0.3, 0.4) is 0 Å². The number of rotatable bonds is 4. The summed E-state index contributed by atoms with van der Waals surface area (Å²) in [6.45, 7) is 1.85. The lowest BCUT2D eigenvalue weighted by Crippen LogP contribution is -2.55. The van der Waals surface area contributed by atoms with Crippen molar-refractivity contribution in [3.63, 3.8) is 0 Å². The molecule has 1 saturated carbocycles. The predicted octanol–water partition coefficient (Wildman–Crippen LogP) is 3.03. The number of aryl methyl sites for hydroxylation is 1. The van der Waals surface area contributed by atoms with Crippen LogP contribution in [0.25, 0.3) is 22.0 Å². The summed E-state index contributed by atoms with van der Waals surface area (Å²) in [7, 11) is 0. The Hall–Kier alpha value is -3.41. The minimum absolute atomic E-state index is 0.0448. The summed E-state index contributed by atoms with van der Waals surface area (Å²) >= 11 is 0. The highest BCUT2D eigenvalue weighted by Gasteiger charge is 2.41. The van der Waals surface area contributed by atoms with E-state index in [9.17, 15) is 14.4 Å². The molecule has 1 aliphatic carbocycles. The molecule has 3 aromatic rings. The quantitative estimate of drug-likeness (QED) is 0.639. The van der Waals surface area contributed by atoms with Gasteiger partial charge >= 0.3 is 0 Å². The summed E-state index contributed by atoms with van der Waals surface area (Å²) in [5.74, 6) is -0.801. The molecule has 0 unspecified atom stereocenters. The number of amides is 2. The molecule has 4 rings (SSSR count). The molecule has 2 aromatic carbocycles. The smallest absolute Gasteiger partial charge is 0.252 e. The number of hydrogen-bond donors (Lipinski definition) is 3. The number of nitrogens with one attached hydrogen (secondary N) is 2. The van der Waals surface area contributed by atoms with E-state index in [-0.39, 0.29) is 11.3 Å². The molecule has 0 radical (unpaired) electrons. The van der Waals surface area contributed by atoms with Crippen LogP contribution < -0.4 is 16.5 Å². The van der Waals surface area contributed by atoms with Gasteiger partial charge in [-0.2, -0.15) is 0 Å². The van der Waals surface area contributed by atoms with E-state index in [1.54, 1.807) is 24.3 Å². The van der Waals surface area contributed by atoms with Gasteiger partial charge < -0.3 is 16.0 Å². The van der Waals surface area contributed by atoms with Crippen LogP contribution in [0.1, 0.15) is 41.7 Å². The van der Waals surface area contributed by atoms with Gasteiger partial charge in [0.1, 0.15) is 5.54 Å². The van der Waals surface area contributed by atoms with E-state index in [1.165, 1.54) is 0 Å². The number of fused-ring (bicyclic) bond motifs is 1. The first-order valence-corrected chi connectivity index (χ1v) is 9.74. The molecule has 1 heterocycles. The van der Waals surface area contributed by atoms with E-state index in [4.69, 9.17) is 5.73 Å². The molecular weight excluding hydrogens is 366 g/mol. The lowest BCUT2D eigenvalue weighted by Gasteiger charge is -2.26. The molecule has 29 heavy (non-hydrogen) atoms. The monoisotopic (exact) mass is 389 g/mol. The van der Waals surface area contributed by atoms with Gasteiger partial charge in [0, 0.05) is 28.2 Å². The normalized spacial score (nSPS) is 15.3. The van der Waals surface area contributed by atoms with Crippen LogP contribution >= 0.6 is 0 Å². The predicted molar refractivity (Wildman–Crippen MR) is 113 cm³/mol. The molecular formula is C23H23N3O3. The SMILES string of the molecule is Cc1cc(=O)c2cc(-c3cccc(C(=O)NC4(C(N)=O)CCCC4)c3)ccc2[nH]1. The minimum atomic E-state index is -0.957. The zero-order valence-corrected chi connectivity index (χ0v) is 16.2.